The Hall–Kier alpha value is -0.560. The molecule has 1 nitrogen and oxygen atoms in total. The second kappa shape index (κ2) is 4.31. The second-order valence-electron chi connectivity index (χ2n) is 4.20. The molecule has 1 aliphatic rings. The Bertz CT molecular complexity index is 290. The number of hydrogen-bond acceptors (Lipinski definition) is 1. The van der Waals surface area contributed by atoms with Gasteiger partial charge in [0.2, 0.25) is 0 Å². The van der Waals surface area contributed by atoms with Crippen LogP contribution in [0.2, 0.25) is 0 Å². The summed E-state index contributed by atoms with van der Waals surface area (Å²) in [5.41, 5.74) is 2.39. The summed E-state index contributed by atoms with van der Waals surface area (Å²) >= 11 is 6.24. The average molecular weight is 210 g/mol. The molecule has 1 unspecified atom stereocenters. The molecular formula is C12H16ClN. The van der Waals surface area contributed by atoms with Crippen LogP contribution < -0.4 is 0 Å². The van der Waals surface area contributed by atoms with Crippen LogP contribution in [0.3, 0.4) is 0 Å². The Labute approximate surface area is 90.5 Å². The first kappa shape index (κ1) is 9.97. The lowest BCUT2D eigenvalue weighted by atomic mass is 10.1. The lowest BCUT2D eigenvalue weighted by Crippen LogP contribution is -2.03. The van der Waals surface area contributed by atoms with Gasteiger partial charge in [-0.05, 0) is 50.2 Å². The van der Waals surface area contributed by atoms with Gasteiger partial charge >= 0.3 is 0 Å². The highest BCUT2D eigenvalue weighted by Gasteiger charge is 2.29. The van der Waals surface area contributed by atoms with Gasteiger partial charge in [0.25, 0.3) is 0 Å². The minimum absolute atomic E-state index is 0.385. The topological polar surface area (TPSA) is 12.9 Å². The van der Waals surface area contributed by atoms with Crippen LogP contribution in [0.25, 0.3) is 0 Å². The van der Waals surface area contributed by atoms with Gasteiger partial charge < -0.3 is 0 Å². The summed E-state index contributed by atoms with van der Waals surface area (Å²) in [5, 5.41) is 0.385. The molecular weight excluding hydrogens is 194 g/mol. The first-order valence-corrected chi connectivity index (χ1v) is 5.75. The molecule has 0 saturated heterocycles. The molecule has 1 saturated carbocycles. The van der Waals surface area contributed by atoms with Crippen molar-refractivity contribution in [1.29, 1.82) is 0 Å². The highest BCUT2D eigenvalue weighted by molar-refractivity contribution is 6.20. The molecule has 1 aromatic rings. The van der Waals surface area contributed by atoms with Crippen molar-refractivity contribution >= 4 is 11.6 Å². The van der Waals surface area contributed by atoms with Gasteiger partial charge in [0, 0.05) is 17.3 Å². The molecule has 1 heterocycles. The predicted molar refractivity (Wildman–Crippen MR) is 59.7 cm³/mol. The van der Waals surface area contributed by atoms with E-state index in [1.165, 1.54) is 18.4 Å². The molecule has 1 fully saturated rings. The molecule has 0 radical (unpaired) electrons. The molecule has 0 aromatic carbocycles. The quantitative estimate of drug-likeness (QED) is 0.694. The van der Waals surface area contributed by atoms with Gasteiger partial charge in [-0.25, -0.2) is 0 Å². The third kappa shape index (κ3) is 2.71. The summed E-state index contributed by atoms with van der Waals surface area (Å²) < 4.78 is 0. The van der Waals surface area contributed by atoms with Crippen LogP contribution in [0.5, 0.6) is 0 Å². The van der Waals surface area contributed by atoms with Gasteiger partial charge in [-0.3, -0.25) is 4.98 Å². The fraction of sp³-hybridized carbons (Fsp3) is 0.583. The smallest absolute Gasteiger partial charge is 0.0372 e. The summed E-state index contributed by atoms with van der Waals surface area (Å²) in [7, 11) is 0. The second-order valence-corrected chi connectivity index (χ2v) is 4.76. The predicted octanol–water partition coefficient (Wildman–Crippen LogP) is 3.34. The number of halogens is 1. The standard InChI is InChI=1S/C12H16ClN/c1-9-2-3-10(8-14-9)4-7-12(13)11-5-6-11/h2-3,8,11-12H,4-7H2,1H3. The van der Waals surface area contributed by atoms with Crippen LogP contribution in [-0.2, 0) is 6.42 Å². The van der Waals surface area contributed by atoms with Crippen LogP contribution in [0.4, 0.5) is 0 Å². The molecule has 0 spiro atoms. The van der Waals surface area contributed by atoms with Crippen molar-refractivity contribution in [2.24, 2.45) is 5.92 Å². The summed E-state index contributed by atoms with van der Waals surface area (Å²) in [6.45, 7) is 2.01. The molecule has 1 aromatic heterocycles. The maximum atomic E-state index is 6.24. The van der Waals surface area contributed by atoms with Crippen LogP contribution in [0.15, 0.2) is 18.3 Å². The van der Waals surface area contributed by atoms with Gasteiger partial charge in [-0.2, -0.15) is 0 Å². The number of aromatic nitrogens is 1. The highest BCUT2D eigenvalue weighted by Crippen LogP contribution is 2.37. The van der Waals surface area contributed by atoms with Crippen molar-refractivity contribution in [3.8, 4) is 0 Å². The van der Waals surface area contributed by atoms with Crippen molar-refractivity contribution in [3.63, 3.8) is 0 Å². The van der Waals surface area contributed by atoms with Gasteiger partial charge in [-0.15, -0.1) is 11.6 Å². The molecule has 0 bridgehead atoms. The van der Waals surface area contributed by atoms with E-state index in [9.17, 15) is 0 Å². The van der Waals surface area contributed by atoms with E-state index >= 15 is 0 Å². The van der Waals surface area contributed by atoms with E-state index in [0.29, 0.717) is 5.38 Å². The fourth-order valence-electron chi connectivity index (χ4n) is 1.64. The van der Waals surface area contributed by atoms with E-state index in [1.54, 1.807) is 0 Å². The molecule has 1 atom stereocenters. The molecule has 14 heavy (non-hydrogen) atoms. The highest BCUT2D eigenvalue weighted by atomic mass is 35.5. The van der Waals surface area contributed by atoms with E-state index in [-0.39, 0.29) is 0 Å². The first-order chi connectivity index (χ1) is 6.75. The lowest BCUT2D eigenvalue weighted by molar-refractivity contribution is 0.675. The van der Waals surface area contributed by atoms with Crippen LogP contribution in [0.1, 0.15) is 30.5 Å². The zero-order valence-corrected chi connectivity index (χ0v) is 9.30. The van der Waals surface area contributed by atoms with Crippen molar-refractivity contribution in [3.05, 3.63) is 29.6 Å². The Morgan fingerprint density at radius 2 is 2.29 bits per heavy atom. The number of hydrogen-bond donors (Lipinski definition) is 0. The van der Waals surface area contributed by atoms with Crippen LogP contribution in [0, 0.1) is 12.8 Å². The van der Waals surface area contributed by atoms with E-state index in [4.69, 9.17) is 11.6 Å². The SMILES string of the molecule is Cc1ccc(CCC(Cl)C2CC2)cn1. The molecule has 2 heteroatoms. The molecule has 0 aliphatic heterocycles. The Morgan fingerprint density at radius 3 is 2.86 bits per heavy atom. The zero-order chi connectivity index (χ0) is 9.97. The van der Waals surface area contributed by atoms with E-state index in [2.05, 4.69) is 17.1 Å². The Balaban J connectivity index is 1.82. The van der Waals surface area contributed by atoms with Gasteiger partial charge in [-0.1, -0.05) is 6.07 Å². The molecule has 2 rings (SSSR count). The monoisotopic (exact) mass is 209 g/mol. The molecule has 0 N–H and O–H groups in total. The lowest BCUT2D eigenvalue weighted by Gasteiger charge is -2.07. The van der Waals surface area contributed by atoms with Crippen molar-refractivity contribution in [1.82, 2.24) is 4.98 Å². The molecule has 0 amide bonds. The Kier molecular flexibility index (Phi) is 3.07. The normalized spacial score (nSPS) is 18.1. The van der Waals surface area contributed by atoms with Gasteiger partial charge in [0.15, 0.2) is 0 Å². The molecule has 1 aliphatic carbocycles. The largest absolute Gasteiger partial charge is 0.261 e. The molecule has 76 valence electrons. The maximum Gasteiger partial charge on any atom is 0.0372 e. The number of rotatable bonds is 4. The zero-order valence-electron chi connectivity index (χ0n) is 8.54. The van der Waals surface area contributed by atoms with Gasteiger partial charge in [0.1, 0.15) is 0 Å². The van der Waals surface area contributed by atoms with Crippen LogP contribution in [-0.4, -0.2) is 10.4 Å². The van der Waals surface area contributed by atoms with Gasteiger partial charge in [0.05, 0.1) is 0 Å². The fourth-order valence-corrected chi connectivity index (χ4v) is 2.01. The summed E-state index contributed by atoms with van der Waals surface area (Å²) in [5.74, 6) is 0.801. The third-order valence-corrected chi connectivity index (χ3v) is 3.39. The summed E-state index contributed by atoms with van der Waals surface area (Å²) in [4.78, 5) is 4.27. The third-order valence-electron chi connectivity index (χ3n) is 2.81. The van der Waals surface area contributed by atoms with Crippen molar-refractivity contribution in [2.45, 2.75) is 38.0 Å². The minimum atomic E-state index is 0.385. The van der Waals surface area contributed by atoms with Crippen LogP contribution >= 0.6 is 11.6 Å². The van der Waals surface area contributed by atoms with E-state index in [0.717, 1.165) is 24.5 Å². The summed E-state index contributed by atoms with van der Waals surface area (Å²) in [6, 6.07) is 4.22. The minimum Gasteiger partial charge on any atom is -0.261 e. The Morgan fingerprint density at radius 1 is 1.50 bits per heavy atom. The van der Waals surface area contributed by atoms with E-state index in [1.807, 2.05) is 13.1 Å². The first-order valence-electron chi connectivity index (χ1n) is 5.31. The number of nitrogens with zero attached hydrogens (tertiary/aromatic N) is 1. The average Bonchev–Trinajstić information content (AvgIpc) is 3.00. The summed E-state index contributed by atoms with van der Waals surface area (Å²) in [6.07, 6.45) is 6.79. The number of aryl methyl sites for hydroxylation is 2. The number of alkyl halides is 1. The van der Waals surface area contributed by atoms with Crippen molar-refractivity contribution in [2.75, 3.05) is 0 Å². The number of pyridine rings is 1. The van der Waals surface area contributed by atoms with Crippen molar-refractivity contribution < 1.29 is 0 Å². The van der Waals surface area contributed by atoms with E-state index < -0.39 is 0 Å². The maximum absolute atomic E-state index is 6.24.